The second kappa shape index (κ2) is 5.24. The summed E-state index contributed by atoms with van der Waals surface area (Å²) in [6.07, 6.45) is 0.589. The summed E-state index contributed by atoms with van der Waals surface area (Å²) in [6.45, 7) is 1.82. The van der Waals surface area contributed by atoms with E-state index in [-0.39, 0.29) is 12.2 Å². The van der Waals surface area contributed by atoms with E-state index in [4.69, 9.17) is 17.3 Å². The van der Waals surface area contributed by atoms with Gasteiger partial charge in [0, 0.05) is 11.4 Å². The van der Waals surface area contributed by atoms with Gasteiger partial charge in [-0.05, 0) is 24.1 Å². The molecule has 0 radical (unpaired) electrons. The van der Waals surface area contributed by atoms with Gasteiger partial charge in [0.15, 0.2) is 5.78 Å². The Morgan fingerprint density at radius 2 is 2.27 bits per heavy atom. The lowest BCUT2D eigenvalue weighted by atomic mass is 10.0. The minimum absolute atomic E-state index is 0.0258. The molecule has 15 heavy (non-hydrogen) atoms. The molecule has 0 fully saturated rings. The van der Waals surface area contributed by atoms with Crippen molar-refractivity contribution in [2.75, 3.05) is 0 Å². The summed E-state index contributed by atoms with van der Waals surface area (Å²) in [7, 11) is 0. The third kappa shape index (κ3) is 3.29. The van der Waals surface area contributed by atoms with E-state index >= 15 is 0 Å². The summed E-state index contributed by atoms with van der Waals surface area (Å²) in [4.78, 5) is 11.5. The summed E-state index contributed by atoms with van der Waals surface area (Å²) in [6, 6.07) is 3.75. The molecule has 0 aromatic heterocycles. The molecule has 1 unspecified atom stereocenters. The molecule has 2 nitrogen and oxygen atoms in total. The Hall–Kier alpha value is -0.930. The Labute approximate surface area is 93.2 Å². The molecule has 0 spiro atoms. The standard InChI is InChI=1S/C11H13ClFNO/c1-2-10(14)11(15)5-7-3-4-8(12)6-9(7)13/h3-4,6,10H,2,5,14H2,1H3. The van der Waals surface area contributed by atoms with Crippen molar-refractivity contribution < 1.29 is 9.18 Å². The molecule has 0 saturated carbocycles. The van der Waals surface area contributed by atoms with Crippen LogP contribution in [-0.4, -0.2) is 11.8 Å². The number of hydrogen-bond acceptors (Lipinski definition) is 2. The van der Waals surface area contributed by atoms with Crippen molar-refractivity contribution >= 4 is 17.4 Å². The molecule has 0 saturated heterocycles. The van der Waals surface area contributed by atoms with Crippen molar-refractivity contribution in [1.82, 2.24) is 0 Å². The molecule has 1 rings (SSSR count). The van der Waals surface area contributed by atoms with E-state index in [2.05, 4.69) is 0 Å². The molecule has 0 heterocycles. The van der Waals surface area contributed by atoms with E-state index in [0.29, 0.717) is 17.0 Å². The van der Waals surface area contributed by atoms with Crippen LogP contribution >= 0.6 is 11.6 Å². The highest BCUT2D eigenvalue weighted by molar-refractivity contribution is 6.30. The topological polar surface area (TPSA) is 43.1 Å². The highest BCUT2D eigenvalue weighted by Gasteiger charge is 2.14. The van der Waals surface area contributed by atoms with Crippen molar-refractivity contribution in [3.05, 3.63) is 34.6 Å². The van der Waals surface area contributed by atoms with Gasteiger partial charge in [0.1, 0.15) is 5.82 Å². The molecule has 0 aliphatic rings. The lowest BCUT2D eigenvalue weighted by Gasteiger charge is -2.08. The first-order chi connectivity index (χ1) is 7.04. The summed E-state index contributed by atoms with van der Waals surface area (Å²) >= 11 is 5.59. The van der Waals surface area contributed by atoms with Gasteiger partial charge in [0.2, 0.25) is 0 Å². The van der Waals surface area contributed by atoms with Crippen LogP contribution in [0.4, 0.5) is 4.39 Å². The van der Waals surface area contributed by atoms with E-state index < -0.39 is 11.9 Å². The Bertz CT molecular complexity index is 368. The Kier molecular flexibility index (Phi) is 4.24. The van der Waals surface area contributed by atoms with E-state index in [1.807, 2.05) is 6.92 Å². The summed E-state index contributed by atoms with van der Waals surface area (Å²) in [5, 5.41) is 0.323. The minimum atomic E-state index is -0.514. The summed E-state index contributed by atoms with van der Waals surface area (Å²) < 4.78 is 13.3. The number of nitrogens with two attached hydrogens (primary N) is 1. The molecule has 0 amide bonds. The molecule has 2 N–H and O–H groups in total. The molecule has 1 aromatic rings. The highest BCUT2D eigenvalue weighted by atomic mass is 35.5. The Balaban J connectivity index is 2.77. The maximum Gasteiger partial charge on any atom is 0.153 e. The van der Waals surface area contributed by atoms with E-state index in [0.717, 1.165) is 0 Å². The van der Waals surface area contributed by atoms with Gasteiger partial charge in [0.05, 0.1) is 6.04 Å². The molecule has 0 aliphatic heterocycles. The second-order valence-electron chi connectivity index (χ2n) is 3.39. The quantitative estimate of drug-likeness (QED) is 0.861. The third-order valence-electron chi connectivity index (χ3n) is 2.23. The van der Waals surface area contributed by atoms with Gasteiger partial charge in [-0.15, -0.1) is 0 Å². The monoisotopic (exact) mass is 229 g/mol. The highest BCUT2D eigenvalue weighted by Crippen LogP contribution is 2.15. The third-order valence-corrected chi connectivity index (χ3v) is 2.47. The maximum absolute atomic E-state index is 13.3. The molecule has 1 atom stereocenters. The predicted octanol–water partition coefficient (Wildman–Crippen LogP) is 2.33. The summed E-state index contributed by atoms with van der Waals surface area (Å²) in [5.74, 6) is -0.613. The second-order valence-corrected chi connectivity index (χ2v) is 3.83. The molecule has 1 aromatic carbocycles. The number of Topliss-reactive ketones (excluding diaryl/α,β-unsaturated/α-hetero) is 1. The number of benzene rings is 1. The van der Waals surface area contributed by atoms with Crippen LogP contribution in [-0.2, 0) is 11.2 Å². The molecule has 0 aliphatic carbocycles. The van der Waals surface area contributed by atoms with Crippen LogP contribution in [0.5, 0.6) is 0 Å². The Morgan fingerprint density at radius 3 is 2.80 bits per heavy atom. The van der Waals surface area contributed by atoms with Gasteiger partial charge in [-0.2, -0.15) is 0 Å². The average molecular weight is 230 g/mol. The van der Waals surface area contributed by atoms with E-state index in [1.54, 1.807) is 6.07 Å². The van der Waals surface area contributed by atoms with Crippen LogP contribution < -0.4 is 5.73 Å². The number of rotatable bonds is 4. The molecule has 4 heteroatoms. The fourth-order valence-electron chi connectivity index (χ4n) is 1.21. The fourth-order valence-corrected chi connectivity index (χ4v) is 1.37. The van der Waals surface area contributed by atoms with Gasteiger partial charge >= 0.3 is 0 Å². The number of halogens is 2. The molecule has 0 bridgehead atoms. The minimum Gasteiger partial charge on any atom is -0.322 e. The summed E-state index contributed by atoms with van der Waals surface area (Å²) in [5.41, 5.74) is 5.89. The van der Waals surface area contributed by atoms with Crippen LogP contribution in [0, 0.1) is 5.82 Å². The lowest BCUT2D eigenvalue weighted by Crippen LogP contribution is -2.31. The van der Waals surface area contributed by atoms with Crippen molar-refractivity contribution in [2.45, 2.75) is 25.8 Å². The first-order valence-electron chi connectivity index (χ1n) is 4.76. The smallest absolute Gasteiger partial charge is 0.153 e. The van der Waals surface area contributed by atoms with Gasteiger partial charge in [-0.1, -0.05) is 24.6 Å². The van der Waals surface area contributed by atoms with Gasteiger partial charge in [-0.3, -0.25) is 4.79 Å². The Morgan fingerprint density at radius 1 is 1.60 bits per heavy atom. The zero-order chi connectivity index (χ0) is 11.4. The van der Waals surface area contributed by atoms with Gasteiger partial charge < -0.3 is 5.73 Å². The van der Waals surface area contributed by atoms with E-state index in [1.165, 1.54) is 12.1 Å². The first kappa shape index (κ1) is 12.1. The van der Waals surface area contributed by atoms with Crippen molar-refractivity contribution in [3.8, 4) is 0 Å². The average Bonchev–Trinajstić information content (AvgIpc) is 2.20. The zero-order valence-electron chi connectivity index (χ0n) is 8.47. The van der Waals surface area contributed by atoms with Gasteiger partial charge in [-0.25, -0.2) is 4.39 Å². The SMILES string of the molecule is CCC(N)C(=O)Cc1ccc(Cl)cc1F. The molecular formula is C11H13ClFNO. The van der Waals surface area contributed by atoms with E-state index in [9.17, 15) is 9.18 Å². The first-order valence-corrected chi connectivity index (χ1v) is 5.14. The number of hydrogen-bond donors (Lipinski definition) is 1. The maximum atomic E-state index is 13.3. The number of ketones is 1. The molecular weight excluding hydrogens is 217 g/mol. The van der Waals surface area contributed by atoms with Crippen molar-refractivity contribution in [3.63, 3.8) is 0 Å². The van der Waals surface area contributed by atoms with Crippen LogP contribution in [0.25, 0.3) is 0 Å². The molecule has 82 valence electrons. The lowest BCUT2D eigenvalue weighted by molar-refractivity contribution is -0.119. The number of carbonyl (C=O) groups excluding carboxylic acids is 1. The normalized spacial score (nSPS) is 12.5. The van der Waals surface area contributed by atoms with Crippen molar-refractivity contribution in [1.29, 1.82) is 0 Å². The van der Waals surface area contributed by atoms with Crippen LogP contribution in [0.2, 0.25) is 5.02 Å². The van der Waals surface area contributed by atoms with Crippen molar-refractivity contribution in [2.24, 2.45) is 5.73 Å². The van der Waals surface area contributed by atoms with Gasteiger partial charge in [0.25, 0.3) is 0 Å². The van der Waals surface area contributed by atoms with Crippen LogP contribution in [0.3, 0.4) is 0 Å². The fraction of sp³-hybridized carbons (Fsp3) is 0.364. The van der Waals surface area contributed by atoms with Crippen LogP contribution in [0.1, 0.15) is 18.9 Å². The number of carbonyl (C=O) groups is 1. The largest absolute Gasteiger partial charge is 0.322 e. The van der Waals surface area contributed by atoms with Crippen LogP contribution in [0.15, 0.2) is 18.2 Å². The zero-order valence-corrected chi connectivity index (χ0v) is 9.22. The predicted molar refractivity (Wildman–Crippen MR) is 58.4 cm³/mol.